The van der Waals surface area contributed by atoms with Gasteiger partial charge in [-0.1, -0.05) is 18.2 Å². The first kappa shape index (κ1) is 17.6. The molecular weight excluding hydrogens is 340 g/mol. The van der Waals surface area contributed by atoms with Gasteiger partial charge in [0.05, 0.1) is 11.1 Å². The number of sulfonamides is 1. The highest BCUT2D eigenvalue weighted by Crippen LogP contribution is 2.20. The van der Waals surface area contributed by atoms with E-state index in [4.69, 9.17) is 0 Å². The van der Waals surface area contributed by atoms with Crippen molar-refractivity contribution in [1.82, 2.24) is 19.4 Å². The number of hydrogen-bond acceptors (Lipinski definition) is 4. The molecule has 2 aromatic rings. The van der Waals surface area contributed by atoms with Crippen LogP contribution in [0.4, 0.5) is 0 Å². The number of aryl methyl sites for hydroxylation is 1. The highest BCUT2D eigenvalue weighted by atomic mass is 32.2. The number of nitrogens with zero attached hydrogens (tertiary/aromatic N) is 3. The Labute approximate surface area is 147 Å². The Kier molecular flexibility index (Phi) is 5.19. The first-order valence-electron chi connectivity index (χ1n) is 8.29. The van der Waals surface area contributed by atoms with Crippen molar-refractivity contribution in [3.8, 4) is 0 Å². The van der Waals surface area contributed by atoms with E-state index in [0.29, 0.717) is 30.8 Å². The minimum Gasteiger partial charge on any atom is -0.352 e. The summed E-state index contributed by atoms with van der Waals surface area (Å²) >= 11 is 0. The molecule has 1 saturated heterocycles. The molecule has 8 heteroatoms. The molecule has 134 valence electrons. The Morgan fingerprint density at radius 1 is 1.24 bits per heavy atom. The van der Waals surface area contributed by atoms with E-state index in [1.807, 2.05) is 13.1 Å². The van der Waals surface area contributed by atoms with Crippen LogP contribution in [0.2, 0.25) is 0 Å². The van der Waals surface area contributed by atoms with E-state index in [1.54, 1.807) is 41.2 Å². The fourth-order valence-corrected chi connectivity index (χ4v) is 4.45. The van der Waals surface area contributed by atoms with E-state index in [-0.39, 0.29) is 18.5 Å². The number of carbonyl (C=O) groups excluding carboxylic acids is 1. The third kappa shape index (κ3) is 4.26. The summed E-state index contributed by atoms with van der Waals surface area (Å²) < 4.78 is 28.3. The summed E-state index contributed by atoms with van der Waals surface area (Å²) in [5.74, 6) is -0.104. The fourth-order valence-electron chi connectivity index (χ4n) is 2.96. The Hall–Kier alpha value is -2.19. The second-order valence-corrected chi connectivity index (χ2v) is 8.21. The van der Waals surface area contributed by atoms with E-state index in [9.17, 15) is 13.2 Å². The molecule has 0 bridgehead atoms. The second-order valence-electron chi connectivity index (χ2n) is 6.27. The van der Waals surface area contributed by atoms with Crippen LogP contribution in [0.3, 0.4) is 0 Å². The molecule has 0 unspecified atom stereocenters. The third-order valence-electron chi connectivity index (χ3n) is 4.27. The molecular formula is C17H22N4O3S. The van der Waals surface area contributed by atoms with Crippen molar-refractivity contribution in [3.05, 3.63) is 48.3 Å². The molecule has 1 fully saturated rings. The van der Waals surface area contributed by atoms with Crippen LogP contribution in [0.1, 0.15) is 18.4 Å². The Morgan fingerprint density at radius 3 is 2.52 bits per heavy atom. The quantitative estimate of drug-likeness (QED) is 0.865. The smallest absolute Gasteiger partial charge is 0.243 e. The van der Waals surface area contributed by atoms with E-state index >= 15 is 0 Å². The molecule has 0 saturated carbocycles. The van der Waals surface area contributed by atoms with Gasteiger partial charge in [0, 0.05) is 25.3 Å². The predicted molar refractivity (Wildman–Crippen MR) is 93.3 cm³/mol. The zero-order chi connectivity index (χ0) is 17.9. The van der Waals surface area contributed by atoms with Gasteiger partial charge in [-0.2, -0.15) is 9.40 Å². The van der Waals surface area contributed by atoms with Crippen LogP contribution in [0.15, 0.2) is 47.6 Å². The number of nitrogens with one attached hydrogen (secondary N) is 1. The monoisotopic (exact) mass is 362 g/mol. The molecule has 0 radical (unpaired) electrons. The lowest BCUT2D eigenvalue weighted by molar-refractivity contribution is -0.122. The molecule has 1 amide bonds. The van der Waals surface area contributed by atoms with Crippen LogP contribution >= 0.6 is 0 Å². The molecule has 0 atom stereocenters. The van der Waals surface area contributed by atoms with Gasteiger partial charge < -0.3 is 5.32 Å². The Morgan fingerprint density at radius 2 is 1.92 bits per heavy atom. The second kappa shape index (κ2) is 7.37. The van der Waals surface area contributed by atoms with Crippen molar-refractivity contribution >= 4 is 15.9 Å². The van der Waals surface area contributed by atoms with Crippen molar-refractivity contribution < 1.29 is 13.2 Å². The lowest BCUT2D eigenvalue weighted by atomic mass is 10.1. The summed E-state index contributed by atoms with van der Waals surface area (Å²) in [6, 6.07) is 8.44. The van der Waals surface area contributed by atoms with Crippen LogP contribution in [-0.2, 0) is 21.4 Å². The SMILES string of the molecule is Cc1cnn(CC(=O)NC2CCN(S(=O)(=O)c3ccccc3)CC2)c1. The molecule has 1 aliphatic heterocycles. The van der Waals surface area contributed by atoms with Crippen molar-refractivity contribution in [3.63, 3.8) is 0 Å². The molecule has 0 aliphatic carbocycles. The van der Waals surface area contributed by atoms with Crippen molar-refractivity contribution in [2.45, 2.75) is 37.2 Å². The van der Waals surface area contributed by atoms with Gasteiger partial charge in [-0.25, -0.2) is 8.42 Å². The van der Waals surface area contributed by atoms with Gasteiger partial charge in [0.2, 0.25) is 15.9 Å². The number of piperidine rings is 1. The lowest BCUT2D eigenvalue weighted by Gasteiger charge is -2.31. The highest BCUT2D eigenvalue weighted by molar-refractivity contribution is 7.89. The average molecular weight is 362 g/mol. The minimum absolute atomic E-state index is 0.00798. The number of hydrogen-bond donors (Lipinski definition) is 1. The van der Waals surface area contributed by atoms with Crippen LogP contribution in [0, 0.1) is 6.92 Å². The summed E-state index contributed by atoms with van der Waals surface area (Å²) in [5.41, 5.74) is 1.01. The third-order valence-corrected chi connectivity index (χ3v) is 6.18. The summed E-state index contributed by atoms with van der Waals surface area (Å²) in [5, 5.41) is 7.06. The van der Waals surface area contributed by atoms with E-state index in [0.717, 1.165) is 5.56 Å². The maximum atomic E-state index is 12.6. The summed E-state index contributed by atoms with van der Waals surface area (Å²) in [4.78, 5) is 12.4. The normalized spacial score (nSPS) is 16.7. The van der Waals surface area contributed by atoms with Crippen molar-refractivity contribution in [1.29, 1.82) is 0 Å². The molecule has 1 aromatic carbocycles. The van der Waals surface area contributed by atoms with Gasteiger partial charge in [0.15, 0.2) is 0 Å². The minimum atomic E-state index is -3.45. The summed E-state index contributed by atoms with van der Waals surface area (Å²) in [7, 11) is -3.45. The largest absolute Gasteiger partial charge is 0.352 e. The number of rotatable bonds is 5. The molecule has 1 aliphatic rings. The Balaban J connectivity index is 1.52. The highest BCUT2D eigenvalue weighted by Gasteiger charge is 2.29. The molecule has 1 aromatic heterocycles. The van der Waals surface area contributed by atoms with Gasteiger partial charge in [-0.05, 0) is 37.5 Å². The van der Waals surface area contributed by atoms with E-state index in [1.165, 1.54) is 4.31 Å². The molecule has 7 nitrogen and oxygen atoms in total. The van der Waals surface area contributed by atoms with Gasteiger partial charge in [0.1, 0.15) is 6.54 Å². The number of amides is 1. The number of carbonyl (C=O) groups is 1. The summed E-state index contributed by atoms with van der Waals surface area (Å²) in [6.07, 6.45) is 4.74. The Bertz CT molecular complexity index is 825. The van der Waals surface area contributed by atoms with E-state index in [2.05, 4.69) is 10.4 Å². The molecule has 0 spiro atoms. The first-order chi connectivity index (χ1) is 11.9. The van der Waals surface area contributed by atoms with Crippen molar-refractivity contribution in [2.75, 3.05) is 13.1 Å². The molecule has 3 rings (SSSR count). The average Bonchev–Trinajstić information content (AvgIpc) is 3.01. The van der Waals surface area contributed by atoms with E-state index < -0.39 is 10.0 Å². The van der Waals surface area contributed by atoms with Crippen LogP contribution in [-0.4, -0.2) is 47.5 Å². The molecule has 1 N–H and O–H groups in total. The van der Waals surface area contributed by atoms with Crippen molar-refractivity contribution in [2.24, 2.45) is 0 Å². The zero-order valence-corrected chi connectivity index (χ0v) is 14.9. The van der Waals surface area contributed by atoms with Gasteiger partial charge >= 0.3 is 0 Å². The molecule has 25 heavy (non-hydrogen) atoms. The topological polar surface area (TPSA) is 84.3 Å². The van der Waals surface area contributed by atoms with Gasteiger partial charge in [-0.3, -0.25) is 9.48 Å². The summed E-state index contributed by atoms with van der Waals surface area (Å²) in [6.45, 7) is 2.91. The standard InChI is InChI=1S/C17H22N4O3S/c1-14-11-18-20(12-14)13-17(22)19-15-7-9-21(10-8-15)25(23,24)16-5-3-2-4-6-16/h2-6,11-12,15H,7-10,13H2,1H3,(H,19,22). The molecule has 2 heterocycles. The number of aromatic nitrogens is 2. The maximum absolute atomic E-state index is 12.6. The zero-order valence-electron chi connectivity index (χ0n) is 14.1. The number of benzene rings is 1. The first-order valence-corrected chi connectivity index (χ1v) is 9.73. The van der Waals surface area contributed by atoms with Crippen LogP contribution in [0.5, 0.6) is 0 Å². The van der Waals surface area contributed by atoms with Gasteiger partial charge in [-0.15, -0.1) is 0 Å². The maximum Gasteiger partial charge on any atom is 0.243 e. The van der Waals surface area contributed by atoms with Gasteiger partial charge in [0.25, 0.3) is 0 Å². The lowest BCUT2D eigenvalue weighted by Crippen LogP contribution is -2.47. The van der Waals surface area contributed by atoms with Crippen LogP contribution < -0.4 is 5.32 Å². The van der Waals surface area contributed by atoms with Crippen LogP contribution in [0.25, 0.3) is 0 Å². The predicted octanol–water partition coefficient (Wildman–Crippen LogP) is 1.16. The fraction of sp³-hybridized carbons (Fsp3) is 0.412.